The fourth-order valence-electron chi connectivity index (χ4n) is 5.11. The number of hydrogen-bond acceptors (Lipinski definition) is 7. The minimum atomic E-state index is -0.0423. The number of nitrogens with zero attached hydrogens (tertiary/aromatic N) is 3. The molecule has 7 nitrogen and oxygen atoms in total. The predicted octanol–water partition coefficient (Wildman–Crippen LogP) is 3.93. The van der Waals surface area contributed by atoms with Gasteiger partial charge in [-0.3, -0.25) is 10.1 Å². The van der Waals surface area contributed by atoms with Crippen molar-refractivity contribution in [1.29, 1.82) is 0 Å². The second-order valence-corrected chi connectivity index (χ2v) is 9.95. The molecule has 3 atom stereocenters. The number of hydrogen-bond donors (Lipinski definition) is 2. The van der Waals surface area contributed by atoms with E-state index in [0.29, 0.717) is 30.7 Å². The number of aromatic nitrogens is 2. The molecule has 1 amide bonds. The fourth-order valence-corrected chi connectivity index (χ4v) is 6.28. The van der Waals surface area contributed by atoms with E-state index in [0.717, 1.165) is 53.0 Å². The summed E-state index contributed by atoms with van der Waals surface area (Å²) in [5, 5.41) is 10.0. The Bertz CT molecular complexity index is 1160. The molecule has 3 aromatic rings. The lowest BCUT2D eigenvalue weighted by Gasteiger charge is -2.36. The second-order valence-electron chi connectivity index (χ2n) is 8.69. The first-order chi connectivity index (χ1) is 15.7. The van der Waals surface area contributed by atoms with Crippen molar-refractivity contribution >= 4 is 50.8 Å². The van der Waals surface area contributed by atoms with Gasteiger partial charge in [0.2, 0.25) is 11.9 Å². The summed E-state index contributed by atoms with van der Waals surface area (Å²) in [6, 6.07) is 8.44. The van der Waals surface area contributed by atoms with Gasteiger partial charge in [0, 0.05) is 28.1 Å². The number of carbonyl (C=O) groups excluding carboxylic acids is 1. The summed E-state index contributed by atoms with van der Waals surface area (Å²) in [4.78, 5) is 25.7. The van der Waals surface area contributed by atoms with Crippen molar-refractivity contribution in [2.45, 2.75) is 31.3 Å². The Morgan fingerprint density at radius 2 is 1.97 bits per heavy atom. The summed E-state index contributed by atoms with van der Waals surface area (Å²) in [7, 11) is 0. The number of ether oxygens (including phenoxy) is 1. The van der Waals surface area contributed by atoms with Crippen molar-refractivity contribution in [3.63, 3.8) is 0 Å². The van der Waals surface area contributed by atoms with Gasteiger partial charge < -0.3 is 15.0 Å². The molecule has 0 aliphatic carbocycles. The number of nitrogens with one attached hydrogen (secondary N) is 2. The van der Waals surface area contributed by atoms with E-state index in [1.807, 2.05) is 24.3 Å². The number of anilines is 2. The maximum atomic E-state index is 12.8. The van der Waals surface area contributed by atoms with Crippen LogP contribution in [0.1, 0.15) is 19.3 Å². The SMILES string of the molecule is O=C(Nc1nc(N2C3CCC2COC3)c2c(-c3ccccc3Cl)csc2n1)C1CCNC1. The van der Waals surface area contributed by atoms with Crippen LogP contribution in [-0.4, -0.2) is 54.3 Å². The molecule has 3 fully saturated rings. The summed E-state index contributed by atoms with van der Waals surface area (Å²) >= 11 is 8.12. The number of thiophene rings is 1. The van der Waals surface area contributed by atoms with Gasteiger partial charge in [0.15, 0.2) is 0 Å². The van der Waals surface area contributed by atoms with Crippen LogP contribution in [-0.2, 0) is 9.53 Å². The molecule has 6 rings (SSSR count). The van der Waals surface area contributed by atoms with Gasteiger partial charge in [0.25, 0.3) is 0 Å². The third-order valence-electron chi connectivity index (χ3n) is 6.73. The van der Waals surface area contributed by atoms with Gasteiger partial charge in [-0.15, -0.1) is 11.3 Å². The van der Waals surface area contributed by atoms with Crippen molar-refractivity contribution in [2.75, 3.05) is 36.5 Å². The van der Waals surface area contributed by atoms with Gasteiger partial charge in [0.05, 0.1) is 36.6 Å². The van der Waals surface area contributed by atoms with Gasteiger partial charge in [-0.1, -0.05) is 29.8 Å². The highest BCUT2D eigenvalue weighted by molar-refractivity contribution is 7.17. The highest BCUT2D eigenvalue weighted by Gasteiger charge is 2.40. The molecule has 2 N–H and O–H groups in total. The molecule has 166 valence electrons. The van der Waals surface area contributed by atoms with Gasteiger partial charge >= 0.3 is 0 Å². The number of benzene rings is 1. The number of morpholine rings is 1. The van der Waals surface area contributed by atoms with Crippen LogP contribution in [0.2, 0.25) is 5.02 Å². The average Bonchev–Trinajstić information content (AvgIpc) is 3.52. The molecular weight excluding hydrogens is 446 g/mol. The second kappa shape index (κ2) is 8.26. The Morgan fingerprint density at radius 3 is 2.72 bits per heavy atom. The predicted molar refractivity (Wildman–Crippen MR) is 128 cm³/mol. The molecule has 0 spiro atoms. The quantitative estimate of drug-likeness (QED) is 0.602. The Hall–Kier alpha value is -2.26. The van der Waals surface area contributed by atoms with E-state index in [2.05, 4.69) is 20.9 Å². The third kappa shape index (κ3) is 3.46. The molecule has 1 aromatic carbocycles. The molecule has 3 saturated heterocycles. The van der Waals surface area contributed by atoms with Crippen molar-refractivity contribution in [2.24, 2.45) is 5.92 Å². The lowest BCUT2D eigenvalue weighted by molar-refractivity contribution is -0.119. The molecule has 0 saturated carbocycles. The van der Waals surface area contributed by atoms with Gasteiger partial charge in [0.1, 0.15) is 10.6 Å². The first kappa shape index (κ1) is 20.4. The number of fused-ring (bicyclic) bond motifs is 3. The van der Waals surface area contributed by atoms with E-state index < -0.39 is 0 Å². The Morgan fingerprint density at radius 1 is 1.16 bits per heavy atom. The highest BCUT2D eigenvalue weighted by atomic mass is 35.5. The molecule has 5 heterocycles. The van der Waals surface area contributed by atoms with Crippen LogP contribution in [0.3, 0.4) is 0 Å². The summed E-state index contributed by atoms with van der Waals surface area (Å²) in [6.07, 6.45) is 3.00. The monoisotopic (exact) mass is 469 g/mol. The van der Waals surface area contributed by atoms with Crippen LogP contribution < -0.4 is 15.5 Å². The molecule has 3 aliphatic heterocycles. The number of rotatable bonds is 4. The molecular formula is C23H24ClN5O2S. The third-order valence-corrected chi connectivity index (χ3v) is 7.93. The first-order valence-electron chi connectivity index (χ1n) is 11.1. The smallest absolute Gasteiger partial charge is 0.232 e. The Kier molecular flexibility index (Phi) is 5.25. The topological polar surface area (TPSA) is 79.4 Å². The normalized spacial score (nSPS) is 24.9. The van der Waals surface area contributed by atoms with E-state index in [1.165, 1.54) is 0 Å². The van der Waals surface area contributed by atoms with Crippen LogP contribution in [0.25, 0.3) is 21.3 Å². The van der Waals surface area contributed by atoms with Gasteiger partial charge in [-0.05, 0) is 31.9 Å². The molecule has 2 aromatic heterocycles. The maximum Gasteiger partial charge on any atom is 0.232 e. The van der Waals surface area contributed by atoms with E-state index in [-0.39, 0.29) is 23.9 Å². The van der Waals surface area contributed by atoms with Crippen molar-refractivity contribution in [1.82, 2.24) is 15.3 Å². The van der Waals surface area contributed by atoms with Crippen molar-refractivity contribution < 1.29 is 9.53 Å². The first-order valence-corrected chi connectivity index (χ1v) is 12.4. The number of carbonyl (C=O) groups is 1. The van der Waals surface area contributed by atoms with Crippen LogP contribution in [0, 0.1) is 5.92 Å². The largest absolute Gasteiger partial charge is 0.377 e. The zero-order chi connectivity index (χ0) is 21.7. The van der Waals surface area contributed by atoms with Crippen LogP contribution in [0.5, 0.6) is 0 Å². The standard InChI is InChI=1S/C23H24ClN5O2S/c24-18-4-2-1-3-16(18)17-12-32-22-19(17)20(29-14-5-6-15(29)11-31-10-14)26-23(28-22)27-21(30)13-7-8-25-9-13/h1-4,12-15,25H,5-11H2,(H,26,27,28,30). The zero-order valence-corrected chi connectivity index (χ0v) is 19.1. The highest BCUT2D eigenvalue weighted by Crippen LogP contribution is 2.44. The molecule has 2 bridgehead atoms. The van der Waals surface area contributed by atoms with Gasteiger partial charge in [-0.2, -0.15) is 4.98 Å². The van der Waals surface area contributed by atoms with Crippen LogP contribution in [0.15, 0.2) is 29.6 Å². The molecule has 3 unspecified atom stereocenters. The summed E-state index contributed by atoms with van der Waals surface area (Å²) in [6.45, 7) is 2.96. The van der Waals surface area contributed by atoms with E-state index in [4.69, 9.17) is 26.3 Å². The maximum absolute atomic E-state index is 12.8. The summed E-state index contributed by atoms with van der Waals surface area (Å²) in [5.41, 5.74) is 2.01. The minimum Gasteiger partial charge on any atom is -0.377 e. The van der Waals surface area contributed by atoms with E-state index in [1.54, 1.807) is 11.3 Å². The van der Waals surface area contributed by atoms with Crippen LogP contribution >= 0.6 is 22.9 Å². The Labute approximate surface area is 195 Å². The van der Waals surface area contributed by atoms with E-state index in [9.17, 15) is 4.79 Å². The average molecular weight is 470 g/mol. The molecule has 32 heavy (non-hydrogen) atoms. The lowest BCUT2D eigenvalue weighted by Crippen LogP contribution is -2.46. The molecule has 3 aliphatic rings. The molecule has 9 heteroatoms. The lowest BCUT2D eigenvalue weighted by atomic mass is 10.1. The fraction of sp³-hybridized carbons (Fsp3) is 0.435. The number of halogens is 1. The number of amides is 1. The van der Waals surface area contributed by atoms with Gasteiger partial charge in [-0.25, -0.2) is 4.98 Å². The van der Waals surface area contributed by atoms with Crippen LogP contribution in [0.4, 0.5) is 11.8 Å². The minimum absolute atomic E-state index is 0.0202. The molecule has 0 radical (unpaired) electrons. The van der Waals surface area contributed by atoms with Crippen molar-refractivity contribution in [3.05, 3.63) is 34.7 Å². The summed E-state index contributed by atoms with van der Waals surface area (Å²) < 4.78 is 5.82. The Balaban J connectivity index is 1.48. The zero-order valence-electron chi connectivity index (χ0n) is 17.5. The summed E-state index contributed by atoms with van der Waals surface area (Å²) in [5.74, 6) is 1.19. The van der Waals surface area contributed by atoms with Crippen molar-refractivity contribution in [3.8, 4) is 11.1 Å². The van der Waals surface area contributed by atoms with E-state index >= 15 is 0 Å².